The van der Waals surface area contributed by atoms with E-state index in [9.17, 15) is 4.79 Å². The molecule has 2 N–H and O–H groups in total. The lowest BCUT2D eigenvalue weighted by molar-refractivity contribution is 0.324. The SMILES string of the molecule is CCc1nn(C)c(Cn2ncc(OCCN)cc2=O)c1Cl. The summed E-state index contributed by atoms with van der Waals surface area (Å²) in [6.07, 6.45) is 2.23. The van der Waals surface area contributed by atoms with Crippen LogP contribution in [-0.2, 0) is 20.0 Å². The van der Waals surface area contributed by atoms with E-state index in [0.29, 0.717) is 23.9 Å². The normalized spacial score (nSPS) is 10.9. The number of aromatic nitrogens is 4. The highest BCUT2D eigenvalue weighted by atomic mass is 35.5. The Kier molecular flexibility index (Phi) is 4.98. The molecule has 0 spiro atoms. The number of nitrogens with zero attached hydrogens (tertiary/aromatic N) is 4. The fourth-order valence-electron chi connectivity index (χ4n) is 1.92. The number of halogens is 1. The molecule has 7 nitrogen and oxygen atoms in total. The predicted octanol–water partition coefficient (Wildman–Crippen LogP) is 0.578. The average molecular weight is 312 g/mol. The monoisotopic (exact) mass is 311 g/mol. The summed E-state index contributed by atoms with van der Waals surface area (Å²) in [5.41, 5.74) is 6.64. The zero-order valence-electron chi connectivity index (χ0n) is 12.0. The van der Waals surface area contributed by atoms with Crippen LogP contribution in [0.2, 0.25) is 5.02 Å². The zero-order chi connectivity index (χ0) is 15.4. The number of rotatable bonds is 6. The fourth-order valence-corrected chi connectivity index (χ4v) is 2.28. The van der Waals surface area contributed by atoms with Crippen molar-refractivity contribution in [3.8, 4) is 5.75 Å². The maximum Gasteiger partial charge on any atom is 0.270 e. The molecule has 0 aliphatic rings. The van der Waals surface area contributed by atoms with Crippen molar-refractivity contribution in [3.63, 3.8) is 0 Å². The third kappa shape index (κ3) is 3.43. The fraction of sp³-hybridized carbons (Fsp3) is 0.462. The molecule has 0 saturated carbocycles. The van der Waals surface area contributed by atoms with Gasteiger partial charge in [0, 0.05) is 19.7 Å². The Morgan fingerprint density at radius 2 is 2.24 bits per heavy atom. The van der Waals surface area contributed by atoms with Crippen LogP contribution in [0.3, 0.4) is 0 Å². The number of nitrogens with two attached hydrogens (primary N) is 1. The van der Waals surface area contributed by atoms with Crippen molar-refractivity contribution < 1.29 is 4.74 Å². The Bertz CT molecular complexity index is 680. The van der Waals surface area contributed by atoms with Crippen molar-refractivity contribution in [1.82, 2.24) is 19.6 Å². The largest absolute Gasteiger partial charge is 0.490 e. The molecule has 21 heavy (non-hydrogen) atoms. The lowest BCUT2D eigenvalue weighted by Gasteiger charge is -2.07. The summed E-state index contributed by atoms with van der Waals surface area (Å²) in [6, 6.07) is 1.38. The van der Waals surface area contributed by atoms with Crippen LogP contribution >= 0.6 is 11.6 Å². The second-order valence-corrected chi connectivity index (χ2v) is 4.89. The minimum atomic E-state index is -0.264. The first-order valence-corrected chi connectivity index (χ1v) is 7.04. The predicted molar refractivity (Wildman–Crippen MR) is 79.7 cm³/mol. The Balaban J connectivity index is 2.24. The van der Waals surface area contributed by atoms with Crippen LogP contribution in [0, 0.1) is 0 Å². The van der Waals surface area contributed by atoms with Gasteiger partial charge in [0.05, 0.1) is 29.2 Å². The van der Waals surface area contributed by atoms with Gasteiger partial charge in [0.2, 0.25) is 0 Å². The van der Waals surface area contributed by atoms with Gasteiger partial charge in [-0.3, -0.25) is 9.48 Å². The maximum atomic E-state index is 12.0. The molecule has 2 rings (SSSR count). The van der Waals surface area contributed by atoms with Gasteiger partial charge in [-0.2, -0.15) is 10.2 Å². The van der Waals surface area contributed by atoms with Gasteiger partial charge in [0.25, 0.3) is 5.56 Å². The van der Waals surface area contributed by atoms with Crippen LogP contribution in [-0.4, -0.2) is 32.7 Å². The lowest BCUT2D eigenvalue weighted by atomic mass is 10.3. The van der Waals surface area contributed by atoms with Gasteiger partial charge in [-0.05, 0) is 6.42 Å². The highest BCUT2D eigenvalue weighted by Crippen LogP contribution is 2.21. The molecule has 0 aliphatic heterocycles. The van der Waals surface area contributed by atoms with Crippen molar-refractivity contribution in [1.29, 1.82) is 0 Å². The van der Waals surface area contributed by atoms with E-state index in [-0.39, 0.29) is 12.1 Å². The summed E-state index contributed by atoms with van der Waals surface area (Å²) < 4.78 is 8.26. The molecule has 114 valence electrons. The lowest BCUT2D eigenvalue weighted by Crippen LogP contribution is -2.24. The van der Waals surface area contributed by atoms with E-state index in [1.807, 2.05) is 6.92 Å². The van der Waals surface area contributed by atoms with Crippen molar-refractivity contribution >= 4 is 11.6 Å². The van der Waals surface area contributed by atoms with E-state index < -0.39 is 0 Å². The third-order valence-electron chi connectivity index (χ3n) is 3.03. The number of ether oxygens (including phenoxy) is 1. The van der Waals surface area contributed by atoms with E-state index >= 15 is 0 Å². The first-order valence-electron chi connectivity index (χ1n) is 6.67. The molecular weight excluding hydrogens is 294 g/mol. The van der Waals surface area contributed by atoms with Crippen molar-refractivity contribution in [2.75, 3.05) is 13.2 Å². The summed E-state index contributed by atoms with van der Waals surface area (Å²) in [6.45, 7) is 2.97. The van der Waals surface area contributed by atoms with Gasteiger partial charge in [-0.25, -0.2) is 4.68 Å². The molecule has 8 heteroatoms. The van der Waals surface area contributed by atoms with Crippen LogP contribution in [0.4, 0.5) is 0 Å². The molecule has 2 aromatic heterocycles. The van der Waals surface area contributed by atoms with Crippen LogP contribution in [0.15, 0.2) is 17.1 Å². The molecule has 0 unspecified atom stereocenters. The maximum absolute atomic E-state index is 12.0. The van der Waals surface area contributed by atoms with Crippen molar-refractivity contribution in [2.24, 2.45) is 12.8 Å². The zero-order valence-corrected chi connectivity index (χ0v) is 12.8. The van der Waals surface area contributed by atoms with Crippen LogP contribution in [0.25, 0.3) is 0 Å². The number of hydrogen-bond donors (Lipinski definition) is 1. The smallest absolute Gasteiger partial charge is 0.270 e. The molecule has 0 aromatic carbocycles. The van der Waals surface area contributed by atoms with Crippen LogP contribution in [0.1, 0.15) is 18.3 Å². The second-order valence-electron chi connectivity index (χ2n) is 4.51. The summed E-state index contributed by atoms with van der Waals surface area (Å²) in [5, 5.41) is 8.98. The molecule has 0 atom stereocenters. The minimum Gasteiger partial charge on any atom is -0.490 e. The topological polar surface area (TPSA) is 88.0 Å². The van der Waals surface area contributed by atoms with Gasteiger partial charge in [-0.15, -0.1) is 0 Å². The first-order chi connectivity index (χ1) is 10.1. The van der Waals surface area contributed by atoms with Gasteiger partial charge in [0.1, 0.15) is 12.4 Å². The summed E-state index contributed by atoms with van der Waals surface area (Å²) in [5.74, 6) is 0.409. The van der Waals surface area contributed by atoms with E-state index in [4.69, 9.17) is 22.1 Å². The van der Waals surface area contributed by atoms with Crippen LogP contribution in [0.5, 0.6) is 5.75 Å². The Hall–Kier alpha value is -1.86. The van der Waals surface area contributed by atoms with Crippen molar-refractivity contribution in [3.05, 3.63) is 39.0 Å². The molecular formula is C13H18ClN5O2. The highest BCUT2D eigenvalue weighted by molar-refractivity contribution is 6.31. The minimum absolute atomic E-state index is 0.262. The van der Waals surface area contributed by atoms with Gasteiger partial charge >= 0.3 is 0 Å². The Labute approximate surface area is 127 Å². The standard InChI is InChI=1S/C13H18ClN5O2/c1-3-10-13(14)11(18(2)17-10)8-19-12(20)6-9(7-16-19)21-5-4-15/h6-7H,3-5,8,15H2,1-2H3. The second kappa shape index (κ2) is 6.73. The van der Waals surface area contributed by atoms with E-state index in [2.05, 4.69) is 10.2 Å². The Morgan fingerprint density at radius 1 is 1.48 bits per heavy atom. The quantitative estimate of drug-likeness (QED) is 0.843. The number of hydrogen-bond acceptors (Lipinski definition) is 5. The molecule has 0 fully saturated rings. The summed E-state index contributed by atoms with van der Waals surface area (Å²) in [7, 11) is 1.80. The molecule has 0 radical (unpaired) electrons. The highest BCUT2D eigenvalue weighted by Gasteiger charge is 2.14. The molecule has 0 saturated heterocycles. The van der Waals surface area contributed by atoms with Gasteiger partial charge < -0.3 is 10.5 Å². The van der Waals surface area contributed by atoms with Crippen LogP contribution < -0.4 is 16.0 Å². The van der Waals surface area contributed by atoms with E-state index in [1.54, 1.807) is 11.7 Å². The van der Waals surface area contributed by atoms with Crippen molar-refractivity contribution in [2.45, 2.75) is 19.9 Å². The van der Waals surface area contributed by atoms with Gasteiger partial charge in [-0.1, -0.05) is 18.5 Å². The number of aryl methyl sites for hydroxylation is 2. The first kappa shape index (κ1) is 15.5. The average Bonchev–Trinajstić information content (AvgIpc) is 2.74. The molecule has 2 heterocycles. The molecule has 0 aliphatic carbocycles. The Morgan fingerprint density at radius 3 is 2.81 bits per heavy atom. The molecule has 2 aromatic rings. The van der Waals surface area contributed by atoms with Gasteiger partial charge in [0.15, 0.2) is 0 Å². The summed E-state index contributed by atoms with van der Waals surface area (Å²) in [4.78, 5) is 12.0. The summed E-state index contributed by atoms with van der Waals surface area (Å²) >= 11 is 6.27. The molecule has 0 bridgehead atoms. The third-order valence-corrected chi connectivity index (χ3v) is 3.47. The van der Waals surface area contributed by atoms with E-state index in [0.717, 1.165) is 17.8 Å². The molecule has 0 amide bonds. The van der Waals surface area contributed by atoms with E-state index in [1.165, 1.54) is 16.9 Å².